The number of likely N-dealkylation sites (tertiary alicyclic amines) is 1. The zero-order valence-electron chi connectivity index (χ0n) is 14.7. The molecule has 3 rings (SSSR count). The summed E-state index contributed by atoms with van der Waals surface area (Å²) < 4.78 is 0. The number of hydrogen-bond donors (Lipinski definition) is 1. The lowest BCUT2D eigenvalue weighted by Crippen LogP contribution is -2.46. The van der Waals surface area contributed by atoms with Gasteiger partial charge < -0.3 is 5.32 Å². The molecule has 1 saturated heterocycles. The Morgan fingerprint density at radius 3 is 2.88 bits per heavy atom. The molecule has 2 atom stereocenters. The third kappa shape index (κ3) is 3.65. The smallest absolute Gasteiger partial charge is 0.242 e. The van der Waals surface area contributed by atoms with Gasteiger partial charge in [0.2, 0.25) is 5.91 Å². The number of fused-ring (bicyclic) bond motifs is 1. The number of aryl methyl sites for hydroxylation is 1. The molecule has 1 aromatic heterocycles. The van der Waals surface area contributed by atoms with Crippen molar-refractivity contribution in [1.82, 2.24) is 4.90 Å². The summed E-state index contributed by atoms with van der Waals surface area (Å²) in [5, 5.41) is 13.4. The molecule has 0 spiro atoms. The zero-order chi connectivity index (χ0) is 17.1. The van der Waals surface area contributed by atoms with Crippen LogP contribution in [0.15, 0.2) is 0 Å². The van der Waals surface area contributed by atoms with Gasteiger partial charge in [0, 0.05) is 11.4 Å². The molecule has 1 aliphatic heterocycles. The monoisotopic (exact) mass is 345 g/mol. The molecule has 0 saturated carbocycles. The van der Waals surface area contributed by atoms with E-state index in [1.165, 1.54) is 29.7 Å². The van der Waals surface area contributed by atoms with Gasteiger partial charge in [-0.05, 0) is 63.5 Å². The Morgan fingerprint density at radius 1 is 1.33 bits per heavy atom. The molecule has 5 heteroatoms. The molecule has 0 aromatic carbocycles. The maximum Gasteiger partial charge on any atom is 0.242 e. The number of carbonyl (C=O) groups is 1. The van der Waals surface area contributed by atoms with Crippen molar-refractivity contribution in [3.63, 3.8) is 0 Å². The Balaban J connectivity index is 1.73. The normalized spacial score (nSPS) is 23.0. The number of piperidine rings is 1. The first-order valence-corrected chi connectivity index (χ1v) is 10.0. The highest BCUT2D eigenvalue weighted by atomic mass is 32.1. The average Bonchev–Trinajstić information content (AvgIpc) is 2.74. The number of hydrogen-bond acceptors (Lipinski definition) is 4. The quantitative estimate of drug-likeness (QED) is 0.844. The van der Waals surface area contributed by atoms with Gasteiger partial charge in [0.05, 0.1) is 11.6 Å². The molecule has 1 aromatic rings. The van der Waals surface area contributed by atoms with Crippen LogP contribution in [-0.2, 0) is 17.6 Å². The highest BCUT2D eigenvalue weighted by Crippen LogP contribution is 2.37. The Kier molecular flexibility index (Phi) is 5.57. The van der Waals surface area contributed by atoms with Crippen molar-refractivity contribution in [3.8, 4) is 6.07 Å². The molecule has 1 amide bonds. The zero-order valence-corrected chi connectivity index (χ0v) is 15.5. The molecule has 1 N–H and O–H groups in total. The summed E-state index contributed by atoms with van der Waals surface area (Å²) in [4.78, 5) is 16.3. The Hall–Kier alpha value is -1.38. The summed E-state index contributed by atoms with van der Waals surface area (Å²) in [6, 6.07) is 2.21. The number of thiophene rings is 1. The Morgan fingerprint density at radius 2 is 2.12 bits per heavy atom. The van der Waals surface area contributed by atoms with E-state index in [0.29, 0.717) is 11.5 Å². The van der Waals surface area contributed by atoms with Crippen molar-refractivity contribution >= 4 is 22.2 Å². The molecule has 130 valence electrons. The summed E-state index contributed by atoms with van der Waals surface area (Å²) in [6.07, 6.45) is 8.00. The first-order valence-electron chi connectivity index (χ1n) is 9.19. The number of amides is 1. The second-order valence-corrected chi connectivity index (χ2v) is 8.39. The lowest BCUT2D eigenvalue weighted by atomic mass is 9.99. The van der Waals surface area contributed by atoms with Crippen molar-refractivity contribution in [3.05, 3.63) is 16.0 Å². The molecular weight excluding hydrogens is 318 g/mol. The number of nitriles is 1. The minimum absolute atomic E-state index is 0.0250. The highest BCUT2D eigenvalue weighted by Gasteiger charge is 2.27. The predicted molar refractivity (Wildman–Crippen MR) is 98.4 cm³/mol. The van der Waals surface area contributed by atoms with Crippen LogP contribution >= 0.6 is 11.3 Å². The van der Waals surface area contributed by atoms with Gasteiger partial charge in [-0.2, -0.15) is 5.26 Å². The van der Waals surface area contributed by atoms with E-state index in [4.69, 9.17) is 0 Å². The van der Waals surface area contributed by atoms with Crippen LogP contribution in [0.3, 0.4) is 0 Å². The van der Waals surface area contributed by atoms with Gasteiger partial charge in [-0.3, -0.25) is 9.69 Å². The number of rotatable bonds is 3. The van der Waals surface area contributed by atoms with E-state index < -0.39 is 0 Å². The Labute approximate surface area is 148 Å². The van der Waals surface area contributed by atoms with Gasteiger partial charge in [0.25, 0.3) is 0 Å². The lowest BCUT2D eigenvalue weighted by Gasteiger charge is -2.34. The summed E-state index contributed by atoms with van der Waals surface area (Å²) in [5.41, 5.74) is 1.90. The van der Waals surface area contributed by atoms with Gasteiger partial charge in [0.15, 0.2) is 0 Å². The van der Waals surface area contributed by atoms with Gasteiger partial charge in [-0.15, -0.1) is 11.3 Å². The molecule has 0 unspecified atom stereocenters. The van der Waals surface area contributed by atoms with E-state index in [9.17, 15) is 10.1 Å². The average molecular weight is 346 g/mol. The molecule has 2 heterocycles. The maximum absolute atomic E-state index is 12.7. The standard InChI is InChI=1S/C19H27N3OS/c1-13-7-6-10-22(12-13)14(2)18(23)21-19-16(11-20)15-8-4-3-5-9-17(15)24-19/h13-14H,3-10,12H2,1-2H3,(H,21,23)/t13-,14+/m1/s1. The predicted octanol–water partition coefficient (Wildman–Crippen LogP) is 3.95. The minimum Gasteiger partial charge on any atom is -0.315 e. The number of nitrogens with zero attached hydrogens (tertiary/aromatic N) is 2. The van der Waals surface area contributed by atoms with E-state index in [0.717, 1.165) is 43.8 Å². The summed E-state index contributed by atoms with van der Waals surface area (Å²) in [6.45, 7) is 6.21. The van der Waals surface area contributed by atoms with Crippen LogP contribution in [-0.4, -0.2) is 29.9 Å². The molecule has 1 aliphatic carbocycles. The van der Waals surface area contributed by atoms with Gasteiger partial charge in [-0.1, -0.05) is 13.3 Å². The fourth-order valence-corrected chi connectivity index (χ4v) is 5.15. The third-order valence-corrected chi connectivity index (χ3v) is 6.59. The van der Waals surface area contributed by atoms with Crippen LogP contribution < -0.4 is 5.32 Å². The fourth-order valence-electron chi connectivity index (χ4n) is 3.91. The molecule has 4 nitrogen and oxygen atoms in total. The fraction of sp³-hybridized carbons (Fsp3) is 0.684. The van der Waals surface area contributed by atoms with Crippen LogP contribution in [0.2, 0.25) is 0 Å². The van der Waals surface area contributed by atoms with Crippen molar-refractivity contribution in [2.45, 2.75) is 64.8 Å². The second kappa shape index (κ2) is 7.67. The van der Waals surface area contributed by atoms with E-state index >= 15 is 0 Å². The topological polar surface area (TPSA) is 56.1 Å². The van der Waals surface area contributed by atoms with Crippen molar-refractivity contribution in [2.75, 3.05) is 18.4 Å². The first kappa shape index (κ1) is 17.4. The van der Waals surface area contributed by atoms with E-state index in [1.54, 1.807) is 11.3 Å². The number of carbonyl (C=O) groups excluding carboxylic acids is 1. The Bertz CT molecular complexity index is 646. The molecular formula is C19H27N3OS. The number of nitrogens with one attached hydrogen (secondary N) is 1. The molecule has 0 bridgehead atoms. The molecule has 1 fully saturated rings. The van der Waals surface area contributed by atoms with Crippen LogP contribution in [0.4, 0.5) is 5.00 Å². The van der Waals surface area contributed by atoms with E-state index in [1.807, 2.05) is 6.92 Å². The van der Waals surface area contributed by atoms with E-state index in [-0.39, 0.29) is 11.9 Å². The van der Waals surface area contributed by atoms with Crippen molar-refractivity contribution in [2.24, 2.45) is 5.92 Å². The van der Waals surface area contributed by atoms with Gasteiger partial charge in [-0.25, -0.2) is 0 Å². The third-order valence-electron chi connectivity index (χ3n) is 5.39. The van der Waals surface area contributed by atoms with Crippen molar-refractivity contribution < 1.29 is 4.79 Å². The van der Waals surface area contributed by atoms with Gasteiger partial charge >= 0.3 is 0 Å². The van der Waals surface area contributed by atoms with Crippen LogP contribution in [0.25, 0.3) is 0 Å². The summed E-state index contributed by atoms with van der Waals surface area (Å²) in [7, 11) is 0. The molecule has 2 aliphatic rings. The maximum atomic E-state index is 12.7. The second-order valence-electron chi connectivity index (χ2n) is 7.29. The highest BCUT2D eigenvalue weighted by molar-refractivity contribution is 7.16. The first-order chi connectivity index (χ1) is 11.6. The lowest BCUT2D eigenvalue weighted by molar-refractivity contribution is -0.121. The van der Waals surface area contributed by atoms with Crippen LogP contribution in [0.1, 0.15) is 62.0 Å². The van der Waals surface area contributed by atoms with Crippen molar-refractivity contribution in [1.29, 1.82) is 5.26 Å². The molecule has 0 radical (unpaired) electrons. The SMILES string of the molecule is C[C@@H]1CCCN([C@@H](C)C(=O)Nc2sc3c(c2C#N)CCCCC3)C1. The van der Waals surface area contributed by atoms with E-state index in [2.05, 4.69) is 23.2 Å². The largest absolute Gasteiger partial charge is 0.315 e. The molecule has 24 heavy (non-hydrogen) atoms. The van der Waals surface area contributed by atoms with Crippen LogP contribution in [0.5, 0.6) is 0 Å². The number of anilines is 1. The van der Waals surface area contributed by atoms with Crippen LogP contribution in [0, 0.1) is 17.2 Å². The minimum atomic E-state index is -0.138. The summed E-state index contributed by atoms with van der Waals surface area (Å²) >= 11 is 1.62. The van der Waals surface area contributed by atoms with Gasteiger partial charge in [0.1, 0.15) is 11.1 Å². The summed E-state index contributed by atoms with van der Waals surface area (Å²) in [5.74, 6) is 0.679.